The molecule has 0 amide bonds. The summed E-state index contributed by atoms with van der Waals surface area (Å²) in [6.45, 7) is 28.8. The van der Waals surface area contributed by atoms with Crippen LogP contribution in [0.3, 0.4) is 0 Å². The fraction of sp³-hybridized carbons (Fsp3) is 0.452. The van der Waals surface area contributed by atoms with Crippen molar-refractivity contribution in [1.29, 1.82) is 5.26 Å². The molecule has 6 heteroatoms. The molecule has 1 unspecified atom stereocenters. The molecule has 0 spiro atoms. The second-order valence-corrected chi connectivity index (χ2v) is 10.4. The summed E-state index contributed by atoms with van der Waals surface area (Å²) in [5.41, 5.74) is 4.74. The van der Waals surface area contributed by atoms with Gasteiger partial charge in [-0.25, -0.2) is 4.39 Å². The van der Waals surface area contributed by atoms with Crippen LogP contribution in [0.1, 0.15) is 66.9 Å². The number of allylic oxidation sites excluding steroid dienone is 5. The van der Waals surface area contributed by atoms with Crippen molar-refractivity contribution < 1.29 is 4.39 Å². The molecule has 0 aliphatic heterocycles. The zero-order valence-electron chi connectivity index (χ0n) is 23.9. The van der Waals surface area contributed by atoms with Crippen LogP contribution in [-0.4, -0.2) is 25.7 Å². The number of rotatable bonds is 15. The first kappa shape index (κ1) is 31.6. The van der Waals surface area contributed by atoms with Crippen LogP contribution in [0, 0.1) is 16.7 Å². The Kier molecular flexibility index (Phi) is 12.8. The van der Waals surface area contributed by atoms with E-state index in [1.165, 1.54) is 6.08 Å². The third-order valence-corrected chi connectivity index (χ3v) is 5.98. The van der Waals surface area contributed by atoms with Gasteiger partial charge >= 0.3 is 0 Å². The van der Waals surface area contributed by atoms with Gasteiger partial charge in [-0.2, -0.15) is 5.26 Å². The van der Waals surface area contributed by atoms with Crippen molar-refractivity contribution in [1.82, 2.24) is 10.6 Å². The van der Waals surface area contributed by atoms with Crippen molar-refractivity contribution in [3.05, 3.63) is 78.1 Å². The highest BCUT2D eigenvalue weighted by molar-refractivity contribution is 5.72. The lowest BCUT2D eigenvalue weighted by atomic mass is 9.91. The number of nitrogens with zero attached hydrogens (tertiary/aromatic N) is 2. The molecule has 1 rings (SSSR count). The van der Waals surface area contributed by atoms with Gasteiger partial charge in [-0.3, -0.25) is 0 Å². The van der Waals surface area contributed by atoms with E-state index in [-0.39, 0.29) is 17.0 Å². The topological polar surface area (TPSA) is 63.1 Å². The van der Waals surface area contributed by atoms with E-state index in [1.807, 2.05) is 25.1 Å². The first-order chi connectivity index (χ1) is 17.4. The van der Waals surface area contributed by atoms with Crippen LogP contribution in [-0.2, 0) is 0 Å². The molecule has 1 atom stereocenters. The minimum absolute atomic E-state index is 0.0179. The summed E-state index contributed by atoms with van der Waals surface area (Å²) in [5.74, 6) is -0.505. The molecule has 0 saturated carbocycles. The van der Waals surface area contributed by atoms with E-state index in [4.69, 9.17) is 0 Å². The lowest BCUT2D eigenvalue weighted by molar-refractivity contribution is 0.393. The molecule has 0 aromatic heterocycles. The van der Waals surface area contributed by atoms with Crippen molar-refractivity contribution in [2.24, 2.45) is 5.41 Å². The SMILES string of the molecule is C=Cc1cc(NC(=C)/C(C#N)=C\C(F)=C(/C)NC(CC)CNC(=C)CC(C)(C)C)ccc1N(CC)CC. The maximum Gasteiger partial charge on any atom is 0.143 e. The first-order valence-corrected chi connectivity index (χ1v) is 13.0. The number of benzene rings is 1. The minimum atomic E-state index is -0.505. The van der Waals surface area contributed by atoms with Crippen molar-refractivity contribution in [2.75, 3.05) is 29.9 Å². The molecule has 0 aliphatic rings. The number of halogens is 1. The Labute approximate surface area is 224 Å². The average Bonchev–Trinajstić information content (AvgIpc) is 2.84. The van der Waals surface area contributed by atoms with E-state index in [0.717, 1.165) is 48.6 Å². The van der Waals surface area contributed by atoms with Gasteiger partial charge in [-0.1, -0.05) is 53.5 Å². The van der Waals surface area contributed by atoms with Crippen molar-refractivity contribution in [3.8, 4) is 6.07 Å². The van der Waals surface area contributed by atoms with Gasteiger partial charge < -0.3 is 20.9 Å². The standard InChI is InChI=1S/C31H46FN5/c1-11-25-17-28(15-16-30(25)37(13-3)14-4)35-23(6)26(20-33)18-29(32)24(7)36-27(12-2)21-34-22(5)19-31(8,9)10/h11,15-18,27,34-36H,1,5-6,12-14,19,21H2,2-4,7-10H3/b26-18-,29-24-. The molecule has 1 aromatic carbocycles. The van der Waals surface area contributed by atoms with Crippen molar-refractivity contribution >= 4 is 17.5 Å². The van der Waals surface area contributed by atoms with E-state index >= 15 is 4.39 Å². The summed E-state index contributed by atoms with van der Waals surface area (Å²) < 4.78 is 15.1. The molecule has 0 fully saturated rings. The summed E-state index contributed by atoms with van der Waals surface area (Å²) in [4.78, 5) is 2.24. The third-order valence-electron chi connectivity index (χ3n) is 5.98. The molecule has 3 N–H and O–H groups in total. The minimum Gasteiger partial charge on any atom is -0.387 e. The van der Waals surface area contributed by atoms with Gasteiger partial charge in [0, 0.05) is 54.1 Å². The summed E-state index contributed by atoms with van der Waals surface area (Å²) >= 11 is 0. The maximum atomic E-state index is 15.1. The Morgan fingerprint density at radius 2 is 1.84 bits per heavy atom. The lowest BCUT2D eigenvalue weighted by Gasteiger charge is -2.24. The average molecular weight is 508 g/mol. The third kappa shape index (κ3) is 10.6. The van der Waals surface area contributed by atoms with Crippen LogP contribution in [0.25, 0.3) is 6.08 Å². The second kappa shape index (κ2) is 14.9. The Bertz CT molecular complexity index is 1050. The molecule has 0 saturated heterocycles. The predicted octanol–water partition coefficient (Wildman–Crippen LogP) is 7.66. The summed E-state index contributed by atoms with van der Waals surface area (Å²) in [7, 11) is 0. The molecule has 202 valence electrons. The van der Waals surface area contributed by atoms with Gasteiger partial charge in [-0.05, 0) is 68.9 Å². The number of nitrogens with one attached hydrogen (secondary N) is 3. The highest BCUT2D eigenvalue weighted by atomic mass is 19.1. The molecule has 0 aliphatic carbocycles. The lowest BCUT2D eigenvalue weighted by Crippen LogP contribution is -2.37. The van der Waals surface area contributed by atoms with Crippen LogP contribution >= 0.6 is 0 Å². The Balaban J connectivity index is 2.96. The van der Waals surface area contributed by atoms with Crippen molar-refractivity contribution in [3.63, 3.8) is 0 Å². The number of hydrogen-bond donors (Lipinski definition) is 3. The largest absolute Gasteiger partial charge is 0.387 e. The second-order valence-electron chi connectivity index (χ2n) is 10.4. The quantitative estimate of drug-likeness (QED) is 0.168. The normalized spacial score (nSPS) is 13.1. The van der Waals surface area contributed by atoms with Crippen molar-refractivity contribution in [2.45, 2.75) is 67.3 Å². The van der Waals surface area contributed by atoms with E-state index in [9.17, 15) is 5.26 Å². The summed E-state index contributed by atoms with van der Waals surface area (Å²) in [6, 6.07) is 7.96. The van der Waals surface area contributed by atoms with Crippen LogP contribution < -0.4 is 20.9 Å². The predicted molar refractivity (Wildman–Crippen MR) is 159 cm³/mol. The molecular formula is C31H46FN5. The fourth-order valence-corrected chi connectivity index (χ4v) is 3.95. The van der Waals surface area contributed by atoms with Crippen LogP contribution in [0.4, 0.5) is 15.8 Å². The molecule has 37 heavy (non-hydrogen) atoms. The molecule has 0 radical (unpaired) electrons. The number of nitriles is 1. The van der Waals surface area contributed by atoms with E-state index < -0.39 is 5.83 Å². The van der Waals surface area contributed by atoms with Gasteiger partial charge in [0.25, 0.3) is 0 Å². The van der Waals surface area contributed by atoms with E-state index in [2.05, 4.69) is 81.3 Å². The fourth-order valence-electron chi connectivity index (χ4n) is 3.95. The molecule has 0 heterocycles. The highest BCUT2D eigenvalue weighted by Gasteiger charge is 2.14. The van der Waals surface area contributed by atoms with E-state index in [0.29, 0.717) is 17.9 Å². The molecular weight excluding hydrogens is 461 g/mol. The number of anilines is 2. The van der Waals surface area contributed by atoms with Gasteiger partial charge in [0.05, 0.1) is 5.57 Å². The number of hydrogen-bond acceptors (Lipinski definition) is 5. The van der Waals surface area contributed by atoms with Crippen LogP contribution in [0.5, 0.6) is 0 Å². The molecule has 1 aromatic rings. The summed E-state index contributed by atoms with van der Waals surface area (Å²) in [5, 5.41) is 19.4. The van der Waals surface area contributed by atoms with Gasteiger partial charge in [0.2, 0.25) is 0 Å². The molecule has 0 bridgehead atoms. The van der Waals surface area contributed by atoms with Crippen LogP contribution in [0.2, 0.25) is 0 Å². The Morgan fingerprint density at radius 3 is 2.35 bits per heavy atom. The maximum absolute atomic E-state index is 15.1. The smallest absolute Gasteiger partial charge is 0.143 e. The first-order valence-electron chi connectivity index (χ1n) is 13.0. The zero-order chi connectivity index (χ0) is 28.2. The van der Waals surface area contributed by atoms with Gasteiger partial charge in [0.1, 0.15) is 11.9 Å². The summed E-state index contributed by atoms with van der Waals surface area (Å²) in [6.07, 6.45) is 4.69. The van der Waals surface area contributed by atoms with Gasteiger partial charge in [-0.15, -0.1) is 0 Å². The highest BCUT2D eigenvalue weighted by Crippen LogP contribution is 2.27. The monoisotopic (exact) mass is 507 g/mol. The van der Waals surface area contributed by atoms with Crippen LogP contribution in [0.15, 0.2) is 72.5 Å². The zero-order valence-corrected chi connectivity index (χ0v) is 23.9. The van der Waals surface area contributed by atoms with Gasteiger partial charge in [0.15, 0.2) is 0 Å². The Morgan fingerprint density at radius 1 is 1.19 bits per heavy atom. The Hall–Kier alpha value is -3.46. The van der Waals surface area contributed by atoms with E-state index in [1.54, 1.807) is 13.0 Å². The molecule has 5 nitrogen and oxygen atoms in total.